The lowest BCUT2D eigenvalue weighted by molar-refractivity contribution is -0.140. The molecule has 186 valence electrons. The second-order valence-corrected chi connectivity index (χ2v) is 11.2. The highest BCUT2D eigenvalue weighted by molar-refractivity contribution is 7.92. The Morgan fingerprint density at radius 2 is 1.71 bits per heavy atom. The van der Waals surface area contributed by atoms with Crippen LogP contribution in [-0.4, -0.2) is 50.5 Å². The highest BCUT2D eigenvalue weighted by Gasteiger charge is 2.32. The Kier molecular flexibility index (Phi) is 10.2. The Morgan fingerprint density at radius 1 is 1.06 bits per heavy atom. The van der Waals surface area contributed by atoms with E-state index >= 15 is 0 Å². The number of carbonyl (C=O) groups excluding carboxylic acids is 2. The molecule has 0 heterocycles. The van der Waals surface area contributed by atoms with Gasteiger partial charge in [0.1, 0.15) is 12.6 Å². The van der Waals surface area contributed by atoms with Crippen molar-refractivity contribution in [1.29, 1.82) is 0 Å². The number of amides is 2. The summed E-state index contributed by atoms with van der Waals surface area (Å²) in [5.74, 6) is -0.575. The van der Waals surface area contributed by atoms with Crippen LogP contribution in [0, 0.1) is 5.92 Å². The van der Waals surface area contributed by atoms with Gasteiger partial charge in [0, 0.05) is 18.1 Å². The fourth-order valence-corrected chi connectivity index (χ4v) is 4.68. The third kappa shape index (κ3) is 7.89. The van der Waals surface area contributed by atoms with Gasteiger partial charge in [-0.05, 0) is 36.1 Å². The molecule has 0 aliphatic rings. The van der Waals surface area contributed by atoms with Crippen LogP contribution in [0.4, 0.5) is 5.69 Å². The second kappa shape index (κ2) is 12.4. The molecular weight excluding hydrogens is 497 g/mol. The van der Waals surface area contributed by atoms with Crippen molar-refractivity contribution in [2.45, 2.75) is 39.8 Å². The molecule has 0 saturated carbocycles. The number of anilines is 1. The van der Waals surface area contributed by atoms with E-state index in [0.29, 0.717) is 13.0 Å². The first-order chi connectivity index (χ1) is 15.9. The minimum Gasteiger partial charge on any atom is -0.354 e. The highest BCUT2D eigenvalue weighted by Crippen LogP contribution is 2.31. The summed E-state index contributed by atoms with van der Waals surface area (Å²) >= 11 is 12.3. The van der Waals surface area contributed by atoms with Gasteiger partial charge in [0.25, 0.3) is 0 Å². The average Bonchev–Trinajstić information content (AvgIpc) is 2.77. The molecule has 0 aromatic heterocycles. The smallest absolute Gasteiger partial charge is 0.244 e. The largest absolute Gasteiger partial charge is 0.354 e. The number of halogens is 2. The molecule has 2 aromatic carbocycles. The zero-order valence-corrected chi connectivity index (χ0v) is 22.1. The van der Waals surface area contributed by atoms with Gasteiger partial charge < -0.3 is 10.2 Å². The molecule has 0 aliphatic heterocycles. The molecule has 1 N–H and O–H groups in total. The van der Waals surface area contributed by atoms with E-state index < -0.39 is 28.5 Å². The summed E-state index contributed by atoms with van der Waals surface area (Å²) in [6.07, 6.45) is 1.35. The van der Waals surface area contributed by atoms with E-state index in [9.17, 15) is 18.0 Å². The lowest BCUT2D eigenvalue weighted by atomic mass is 10.1. The van der Waals surface area contributed by atoms with E-state index in [1.165, 1.54) is 23.1 Å². The Bertz CT molecular complexity index is 1090. The van der Waals surface area contributed by atoms with Crippen molar-refractivity contribution in [2.75, 3.05) is 23.7 Å². The summed E-state index contributed by atoms with van der Waals surface area (Å²) in [6.45, 7) is 5.86. The average molecular weight is 529 g/mol. The number of carbonyl (C=O) groups is 2. The number of rotatable bonds is 11. The normalized spacial score (nSPS) is 12.3. The minimum atomic E-state index is -3.89. The molecule has 7 nitrogen and oxygen atoms in total. The third-order valence-corrected chi connectivity index (χ3v) is 6.80. The molecule has 10 heteroatoms. The molecule has 2 amide bonds. The lowest BCUT2D eigenvalue weighted by Crippen LogP contribution is -2.52. The molecule has 34 heavy (non-hydrogen) atoms. The number of hydrogen-bond acceptors (Lipinski definition) is 4. The number of benzene rings is 2. The summed E-state index contributed by atoms with van der Waals surface area (Å²) in [5, 5.41) is 3.30. The predicted octanol–water partition coefficient (Wildman–Crippen LogP) is 4.34. The Balaban J connectivity index is 2.43. The van der Waals surface area contributed by atoms with Gasteiger partial charge in [-0.2, -0.15) is 0 Å². The molecule has 2 aromatic rings. The van der Waals surface area contributed by atoms with Crippen LogP contribution in [0.5, 0.6) is 0 Å². The zero-order chi connectivity index (χ0) is 25.5. The van der Waals surface area contributed by atoms with Gasteiger partial charge in [-0.15, -0.1) is 0 Å². The van der Waals surface area contributed by atoms with E-state index in [0.717, 1.165) is 16.1 Å². The first kappa shape index (κ1) is 28.0. The summed E-state index contributed by atoms with van der Waals surface area (Å²) < 4.78 is 26.2. The maximum Gasteiger partial charge on any atom is 0.244 e. The zero-order valence-electron chi connectivity index (χ0n) is 19.8. The van der Waals surface area contributed by atoms with Gasteiger partial charge in [-0.25, -0.2) is 8.42 Å². The molecule has 0 bridgehead atoms. The van der Waals surface area contributed by atoms with Crippen LogP contribution in [0.25, 0.3) is 0 Å². The highest BCUT2D eigenvalue weighted by atomic mass is 35.5. The van der Waals surface area contributed by atoms with Crippen molar-refractivity contribution in [3.8, 4) is 0 Å². The van der Waals surface area contributed by atoms with Crippen LogP contribution < -0.4 is 9.62 Å². The SMILES string of the molecule is CC[C@@H](C(=O)NCC(C)C)N(Cc1ccccc1)C(=O)CN(c1cc(Cl)ccc1Cl)S(C)(=O)=O. The maximum atomic E-state index is 13.6. The van der Waals surface area contributed by atoms with Crippen molar-refractivity contribution in [2.24, 2.45) is 5.92 Å². The van der Waals surface area contributed by atoms with E-state index in [-0.39, 0.29) is 34.1 Å². The van der Waals surface area contributed by atoms with Gasteiger partial charge in [0.05, 0.1) is 17.0 Å². The molecule has 2 rings (SSSR count). The van der Waals surface area contributed by atoms with Crippen molar-refractivity contribution in [3.05, 3.63) is 64.1 Å². The van der Waals surface area contributed by atoms with Crippen molar-refractivity contribution < 1.29 is 18.0 Å². The van der Waals surface area contributed by atoms with E-state index in [2.05, 4.69) is 5.32 Å². The Morgan fingerprint density at radius 3 is 2.26 bits per heavy atom. The molecule has 1 atom stereocenters. The Labute approximate surface area is 212 Å². The summed E-state index contributed by atoms with van der Waals surface area (Å²) in [4.78, 5) is 28.0. The van der Waals surface area contributed by atoms with Crippen molar-refractivity contribution in [3.63, 3.8) is 0 Å². The second-order valence-electron chi connectivity index (χ2n) is 8.44. The maximum absolute atomic E-state index is 13.6. The Hall–Kier alpha value is -2.29. The molecule has 0 saturated heterocycles. The topological polar surface area (TPSA) is 86.8 Å². The summed E-state index contributed by atoms with van der Waals surface area (Å²) in [5.41, 5.74) is 0.916. The van der Waals surface area contributed by atoms with Crippen LogP contribution in [0.1, 0.15) is 32.8 Å². The number of hydrogen-bond donors (Lipinski definition) is 1. The van der Waals surface area contributed by atoms with Gasteiger partial charge in [0.15, 0.2) is 0 Å². The van der Waals surface area contributed by atoms with Gasteiger partial charge in [-0.3, -0.25) is 13.9 Å². The van der Waals surface area contributed by atoms with Gasteiger partial charge >= 0.3 is 0 Å². The summed E-state index contributed by atoms with van der Waals surface area (Å²) in [6, 6.07) is 12.9. The van der Waals surface area contributed by atoms with Crippen LogP contribution in [0.15, 0.2) is 48.5 Å². The first-order valence-electron chi connectivity index (χ1n) is 11.0. The quantitative estimate of drug-likeness (QED) is 0.470. The minimum absolute atomic E-state index is 0.0991. The molecule has 0 unspecified atom stereocenters. The standard InChI is InChI=1S/C24H31Cl2N3O4S/c1-5-21(24(31)27-14-17(2)3)28(15-18-9-7-6-8-10-18)23(30)16-29(34(4,32)33)22-13-19(25)11-12-20(22)26/h6-13,17,21H,5,14-16H2,1-4H3,(H,27,31)/t21-/m0/s1. The number of sulfonamides is 1. The molecule has 0 fully saturated rings. The fraction of sp³-hybridized carbons (Fsp3) is 0.417. The molecule has 0 aliphatic carbocycles. The van der Waals surface area contributed by atoms with Crippen LogP contribution in [0.2, 0.25) is 10.0 Å². The molecule has 0 radical (unpaired) electrons. The van der Waals surface area contributed by atoms with Gasteiger partial charge in [-0.1, -0.05) is 74.3 Å². The van der Waals surface area contributed by atoms with E-state index in [1.54, 1.807) is 0 Å². The van der Waals surface area contributed by atoms with Crippen LogP contribution >= 0.6 is 23.2 Å². The van der Waals surface area contributed by atoms with Crippen LogP contribution in [-0.2, 0) is 26.2 Å². The predicted molar refractivity (Wildman–Crippen MR) is 138 cm³/mol. The van der Waals surface area contributed by atoms with Crippen molar-refractivity contribution >= 4 is 50.7 Å². The summed E-state index contributed by atoms with van der Waals surface area (Å²) in [7, 11) is -3.89. The monoisotopic (exact) mass is 527 g/mol. The molecular formula is C24H31Cl2N3O4S. The van der Waals surface area contributed by atoms with Crippen LogP contribution in [0.3, 0.4) is 0 Å². The third-order valence-electron chi connectivity index (χ3n) is 5.12. The first-order valence-corrected chi connectivity index (χ1v) is 13.6. The lowest BCUT2D eigenvalue weighted by Gasteiger charge is -2.33. The van der Waals surface area contributed by atoms with Crippen molar-refractivity contribution in [1.82, 2.24) is 10.2 Å². The van der Waals surface area contributed by atoms with Gasteiger partial charge in [0.2, 0.25) is 21.8 Å². The fourth-order valence-electron chi connectivity index (χ4n) is 3.39. The van der Waals surface area contributed by atoms with E-state index in [1.807, 2.05) is 51.1 Å². The molecule has 0 spiro atoms. The number of nitrogens with one attached hydrogen (secondary N) is 1. The number of nitrogens with zero attached hydrogens (tertiary/aromatic N) is 2. The van der Waals surface area contributed by atoms with E-state index in [4.69, 9.17) is 23.2 Å².